The molecule has 0 radical (unpaired) electrons. The summed E-state index contributed by atoms with van der Waals surface area (Å²) in [4.78, 5) is 12.5. The lowest BCUT2D eigenvalue weighted by Gasteiger charge is -2.10. The highest BCUT2D eigenvalue weighted by Gasteiger charge is 2.21. The molecule has 4 aromatic rings. The fourth-order valence-corrected chi connectivity index (χ4v) is 3.50. The molecule has 0 spiro atoms. The molecule has 4 rings (SSSR count). The van der Waals surface area contributed by atoms with Gasteiger partial charge in [0.2, 0.25) is 0 Å². The van der Waals surface area contributed by atoms with Gasteiger partial charge in [-0.25, -0.2) is 18.0 Å². The van der Waals surface area contributed by atoms with E-state index in [4.69, 9.17) is 9.47 Å². The Labute approximate surface area is 200 Å². The average Bonchev–Trinajstić information content (AvgIpc) is 2.86. The average molecular weight is 478 g/mol. The van der Waals surface area contributed by atoms with Gasteiger partial charge in [-0.3, -0.25) is 0 Å². The maximum absolute atomic E-state index is 14.6. The first-order chi connectivity index (χ1) is 16.9. The van der Waals surface area contributed by atoms with E-state index in [0.717, 1.165) is 6.07 Å². The molecule has 0 atom stereocenters. The summed E-state index contributed by atoms with van der Waals surface area (Å²) >= 11 is 0. The van der Waals surface area contributed by atoms with Gasteiger partial charge < -0.3 is 14.6 Å². The van der Waals surface area contributed by atoms with Crippen molar-refractivity contribution < 1.29 is 32.5 Å². The molecule has 1 N–H and O–H groups in total. The predicted octanol–water partition coefficient (Wildman–Crippen LogP) is 6.90. The Kier molecular flexibility index (Phi) is 7.17. The second kappa shape index (κ2) is 10.4. The topological polar surface area (TPSA) is 55.8 Å². The minimum Gasteiger partial charge on any atom is -0.508 e. The molecule has 0 amide bonds. The number of hydrogen-bond acceptors (Lipinski definition) is 4. The molecule has 0 aliphatic carbocycles. The quantitative estimate of drug-likeness (QED) is 0.232. The summed E-state index contributed by atoms with van der Waals surface area (Å²) in [5.74, 6) is -3.87. The molecule has 0 bridgehead atoms. The summed E-state index contributed by atoms with van der Waals surface area (Å²) in [5.41, 5.74) is 1.49. The fraction of sp³-hybridized carbons (Fsp3) is 0.107. The number of carbonyl (C=O) groups is 1. The first-order valence-electron chi connectivity index (χ1n) is 10.8. The van der Waals surface area contributed by atoms with E-state index in [1.165, 1.54) is 48.5 Å². The molecule has 0 fully saturated rings. The molecule has 0 aromatic heterocycles. The van der Waals surface area contributed by atoms with Gasteiger partial charge in [0.15, 0.2) is 11.6 Å². The lowest BCUT2D eigenvalue weighted by molar-refractivity contribution is 0.0728. The normalized spacial score (nSPS) is 10.9. The van der Waals surface area contributed by atoms with Gasteiger partial charge in [0.05, 0.1) is 12.2 Å². The van der Waals surface area contributed by atoms with E-state index in [9.17, 15) is 23.1 Å². The van der Waals surface area contributed by atoms with Gasteiger partial charge in [-0.15, -0.1) is 0 Å². The highest BCUT2D eigenvalue weighted by Crippen LogP contribution is 2.29. The number of halogens is 3. The van der Waals surface area contributed by atoms with Gasteiger partial charge in [-0.2, -0.15) is 0 Å². The summed E-state index contributed by atoms with van der Waals surface area (Å²) in [5, 5.41) is 9.37. The molecule has 0 saturated heterocycles. The van der Waals surface area contributed by atoms with Gasteiger partial charge in [0.25, 0.3) is 0 Å². The molecular weight excluding hydrogens is 457 g/mol. The van der Waals surface area contributed by atoms with Crippen LogP contribution in [-0.2, 0) is 11.3 Å². The molecule has 35 heavy (non-hydrogen) atoms. The maximum Gasteiger partial charge on any atom is 0.346 e. The number of hydrogen-bond donors (Lipinski definition) is 1. The van der Waals surface area contributed by atoms with E-state index in [0.29, 0.717) is 28.9 Å². The smallest absolute Gasteiger partial charge is 0.346 e. The van der Waals surface area contributed by atoms with Crippen molar-refractivity contribution in [3.05, 3.63) is 107 Å². The molecule has 0 heterocycles. The third-order valence-corrected chi connectivity index (χ3v) is 5.39. The summed E-state index contributed by atoms with van der Waals surface area (Å²) < 4.78 is 54.0. The molecule has 7 heteroatoms. The van der Waals surface area contributed by atoms with Crippen LogP contribution in [0.4, 0.5) is 13.2 Å². The molecule has 0 aliphatic rings. The predicted molar refractivity (Wildman–Crippen MR) is 126 cm³/mol. The van der Waals surface area contributed by atoms with Crippen LogP contribution in [0.5, 0.6) is 11.5 Å². The molecule has 178 valence electrons. The van der Waals surface area contributed by atoms with Gasteiger partial charge >= 0.3 is 5.97 Å². The van der Waals surface area contributed by atoms with Crippen LogP contribution in [0, 0.1) is 17.5 Å². The van der Waals surface area contributed by atoms with Crippen LogP contribution in [-0.4, -0.2) is 17.7 Å². The Bertz CT molecular complexity index is 1350. The van der Waals surface area contributed by atoms with Crippen molar-refractivity contribution in [2.75, 3.05) is 6.61 Å². The Balaban J connectivity index is 1.49. The highest BCUT2D eigenvalue weighted by molar-refractivity contribution is 5.92. The Morgan fingerprint density at radius 1 is 0.800 bits per heavy atom. The molecule has 0 unspecified atom stereocenters. The van der Waals surface area contributed by atoms with Crippen molar-refractivity contribution in [2.45, 2.75) is 13.5 Å². The monoisotopic (exact) mass is 478 g/mol. The fourth-order valence-electron chi connectivity index (χ4n) is 3.50. The lowest BCUT2D eigenvalue weighted by Crippen LogP contribution is -2.12. The second-order valence-electron chi connectivity index (χ2n) is 7.69. The summed E-state index contributed by atoms with van der Waals surface area (Å²) in [6.45, 7) is 2.50. The lowest BCUT2D eigenvalue weighted by atomic mass is 10.0. The molecule has 4 aromatic carbocycles. The standard InChI is InChI=1S/C28H21F3O4/c1-2-34-16-20-4-3-19(15-25(20)29)17-7-11-22(12-8-17)35-28(33)24-14-13-23(26(30)27(24)31)18-5-9-21(32)10-6-18/h3-15,32H,2,16H2,1H3. The van der Waals surface area contributed by atoms with Gasteiger partial charge in [0.1, 0.15) is 17.3 Å². The van der Waals surface area contributed by atoms with E-state index >= 15 is 0 Å². The molecule has 0 aliphatic heterocycles. The van der Waals surface area contributed by atoms with Crippen LogP contribution < -0.4 is 4.74 Å². The van der Waals surface area contributed by atoms with Crippen LogP contribution >= 0.6 is 0 Å². The van der Waals surface area contributed by atoms with Crippen molar-refractivity contribution >= 4 is 5.97 Å². The highest BCUT2D eigenvalue weighted by atomic mass is 19.2. The molecule has 4 nitrogen and oxygen atoms in total. The van der Waals surface area contributed by atoms with Crippen LogP contribution in [0.25, 0.3) is 22.3 Å². The van der Waals surface area contributed by atoms with E-state index in [1.807, 2.05) is 6.92 Å². The van der Waals surface area contributed by atoms with Crippen molar-refractivity contribution in [1.29, 1.82) is 0 Å². The summed E-state index contributed by atoms with van der Waals surface area (Å²) in [6, 6.07) is 19.0. The number of esters is 1. The Morgan fingerprint density at radius 2 is 1.46 bits per heavy atom. The van der Waals surface area contributed by atoms with Crippen LogP contribution in [0.3, 0.4) is 0 Å². The Morgan fingerprint density at radius 3 is 2.11 bits per heavy atom. The number of phenols is 1. The summed E-state index contributed by atoms with van der Waals surface area (Å²) in [7, 11) is 0. The number of carbonyl (C=O) groups excluding carboxylic acids is 1. The van der Waals surface area contributed by atoms with E-state index in [-0.39, 0.29) is 29.5 Å². The molecular formula is C28H21F3O4. The number of aromatic hydroxyl groups is 1. The Hall–Kier alpha value is -4.10. The van der Waals surface area contributed by atoms with E-state index in [1.54, 1.807) is 24.3 Å². The number of ether oxygens (including phenoxy) is 2. The van der Waals surface area contributed by atoms with Crippen LogP contribution in [0.15, 0.2) is 78.9 Å². The zero-order chi connectivity index (χ0) is 24.9. The van der Waals surface area contributed by atoms with E-state index in [2.05, 4.69) is 0 Å². The molecule has 0 saturated carbocycles. The van der Waals surface area contributed by atoms with Gasteiger partial charge in [-0.05, 0) is 60.0 Å². The largest absolute Gasteiger partial charge is 0.508 e. The van der Waals surface area contributed by atoms with Gasteiger partial charge in [0, 0.05) is 17.7 Å². The maximum atomic E-state index is 14.6. The van der Waals surface area contributed by atoms with Crippen molar-refractivity contribution in [2.24, 2.45) is 0 Å². The second-order valence-corrected chi connectivity index (χ2v) is 7.69. The van der Waals surface area contributed by atoms with Crippen molar-refractivity contribution in [1.82, 2.24) is 0 Å². The number of phenolic OH excluding ortho intramolecular Hbond substituents is 1. The third kappa shape index (κ3) is 5.36. The van der Waals surface area contributed by atoms with Crippen molar-refractivity contribution in [3.63, 3.8) is 0 Å². The number of benzene rings is 4. The zero-order valence-electron chi connectivity index (χ0n) is 18.7. The first kappa shape index (κ1) is 24.0. The van der Waals surface area contributed by atoms with Gasteiger partial charge in [-0.1, -0.05) is 42.5 Å². The SMILES string of the molecule is CCOCc1ccc(-c2ccc(OC(=O)c3ccc(-c4ccc(O)cc4)c(F)c3F)cc2)cc1F. The first-order valence-corrected chi connectivity index (χ1v) is 10.8. The van der Waals surface area contributed by atoms with E-state index < -0.39 is 23.2 Å². The van der Waals surface area contributed by atoms with Crippen molar-refractivity contribution in [3.8, 4) is 33.8 Å². The third-order valence-electron chi connectivity index (χ3n) is 5.39. The summed E-state index contributed by atoms with van der Waals surface area (Å²) in [6.07, 6.45) is 0. The minimum absolute atomic E-state index is 0.00966. The zero-order valence-corrected chi connectivity index (χ0v) is 18.7. The minimum atomic E-state index is -1.33. The number of rotatable bonds is 7. The van der Waals surface area contributed by atoms with Crippen LogP contribution in [0.2, 0.25) is 0 Å². The van der Waals surface area contributed by atoms with Crippen LogP contribution in [0.1, 0.15) is 22.8 Å².